The molecular weight excluding hydrogens is 353 g/mol. The Hall–Kier alpha value is -2.48. The number of benzene rings is 1. The maximum atomic E-state index is 13.4. The Balaban J connectivity index is 1.48. The van der Waals surface area contributed by atoms with E-state index in [1.807, 2.05) is 6.92 Å². The van der Waals surface area contributed by atoms with Crippen molar-refractivity contribution in [1.29, 1.82) is 0 Å². The van der Waals surface area contributed by atoms with Gasteiger partial charge in [0.05, 0.1) is 15.9 Å². The van der Waals surface area contributed by atoms with Crippen molar-refractivity contribution in [3.8, 4) is 0 Å². The highest BCUT2D eigenvalue weighted by atomic mass is 32.1. The lowest BCUT2D eigenvalue weighted by atomic mass is 10.1. The summed E-state index contributed by atoms with van der Waals surface area (Å²) in [5.41, 5.74) is 2.20. The minimum absolute atomic E-state index is 0.0511. The minimum atomic E-state index is -0.247. The van der Waals surface area contributed by atoms with Gasteiger partial charge in [-0.2, -0.15) is 5.10 Å². The Morgan fingerprint density at radius 3 is 3.00 bits per heavy atom. The second-order valence-corrected chi connectivity index (χ2v) is 7.67. The summed E-state index contributed by atoms with van der Waals surface area (Å²) in [5, 5.41) is 8.21. The van der Waals surface area contributed by atoms with Crippen LogP contribution in [0.4, 0.5) is 9.52 Å². The number of piperidine rings is 1. The first kappa shape index (κ1) is 17.0. The third-order valence-electron chi connectivity index (χ3n) is 4.60. The van der Waals surface area contributed by atoms with E-state index >= 15 is 0 Å². The van der Waals surface area contributed by atoms with Crippen LogP contribution in [0.3, 0.4) is 0 Å². The standard InChI is InChI=1S/C18H20FN5OS/c1-11-8-15(23(2)22-11)17(25)20-13-4-3-7-24(10-13)18-21-14-6-5-12(19)9-16(14)26-18/h5-6,8-9,13H,3-4,7,10H2,1-2H3,(H,20,25). The van der Waals surface area contributed by atoms with Crippen molar-refractivity contribution in [3.63, 3.8) is 0 Å². The van der Waals surface area contributed by atoms with E-state index in [0.29, 0.717) is 12.2 Å². The fourth-order valence-electron chi connectivity index (χ4n) is 3.37. The van der Waals surface area contributed by atoms with Gasteiger partial charge < -0.3 is 10.2 Å². The third kappa shape index (κ3) is 3.29. The van der Waals surface area contributed by atoms with Gasteiger partial charge in [-0.1, -0.05) is 11.3 Å². The predicted octanol–water partition coefficient (Wildman–Crippen LogP) is 2.88. The van der Waals surface area contributed by atoms with Gasteiger partial charge >= 0.3 is 0 Å². The molecule has 1 fully saturated rings. The highest BCUT2D eigenvalue weighted by Gasteiger charge is 2.25. The van der Waals surface area contributed by atoms with Crippen LogP contribution in [0.25, 0.3) is 10.2 Å². The molecule has 1 unspecified atom stereocenters. The largest absolute Gasteiger partial charge is 0.346 e. The first-order valence-corrected chi connectivity index (χ1v) is 9.44. The summed E-state index contributed by atoms with van der Waals surface area (Å²) >= 11 is 1.49. The number of aromatic nitrogens is 3. The van der Waals surface area contributed by atoms with Gasteiger partial charge in [0.2, 0.25) is 0 Å². The summed E-state index contributed by atoms with van der Waals surface area (Å²) in [5.74, 6) is -0.353. The molecule has 136 valence electrons. The number of aryl methyl sites for hydroxylation is 2. The number of hydrogen-bond donors (Lipinski definition) is 1. The molecule has 2 aromatic heterocycles. The molecule has 1 atom stereocenters. The zero-order chi connectivity index (χ0) is 18.3. The number of nitrogens with zero attached hydrogens (tertiary/aromatic N) is 4. The normalized spacial score (nSPS) is 17.7. The zero-order valence-corrected chi connectivity index (χ0v) is 15.5. The van der Waals surface area contributed by atoms with Gasteiger partial charge in [0.25, 0.3) is 5.91 Å². The van der Waals surface area contributed by atoms with Gasteiger partial charge in [-0.25, -0.2) is 9.37 Å². The summed E-state index contributed by atoms with van der Waals surface area (Å²) in [7, 11) is 1.77. The van der Waals surface area contributed by atoms with Crippen molar-refractivity contribution in [2.45, 2.75) is 25.8 Å². The quantitative estimate of drug-likeness (QED) is 0.767. The van der Waals surface area contributed by atoms with Gasteiger partial charge in [0.1, 0.15) is 11.5 Å². The molecule has 1 aliphatic heterocycles. The molecule has 3 heterocycles. The topological polar surface area (TPSA) is 63.1 Å². The Labute approximate surface area is 154 Å². The minimum Gasteiger partial charge on any atom is -0.346 e. The number of carbonyl (C=O) groups excluding carboxylic acids is 1. The van der Waals surface area contributed by atoms with Crippen molar-refractivity contribution in [2.24, 2.45) is 7.05 Å². The van der Waals surface area contributed by atoms with Crippen LogP contribution in [0.5, 0.6) is 0 Å². The van der Waals surface area contributed by atoms with E-state index in [0.717, 1.165) is 40.4 Å². The van der Waals surface area contributed by atoms with Crippen LogP contribution in [0.15, 0.2) is 24.3 Å². The molecule has 0 spiro atoms. The van der Waals surface area contributed by atoms with Crippen molar-refractivity contribution < 1.29 is 9.18 Å². The first-order valence-electron chi connectivity index (χ1n) is 8.62. The number of nitrogens with one attached hydrogen (secondary N) is 1. The van der Waals surface area contributed by atoms with Gasteiger partial charge in [-0.15, -0.1) is 0 Å². The van der Waals surface area contributed by atoms with Crippen LogP contribution in [-0.4, -0.2) is 39.8 Å². The highest BCUT2D eigenvalue weighted by molar-refractivity contribution is 7.22. The van der Waals surface area contributed by atoms with Gasteiger partial charge in [0, 0.05) is 26.2 Å². The fourth-order valence-corrected chi connectivity index (χ4v) is 4.40. The van der Waals surface area contributed by atoms with Crippen LogP contribution in [0, 0.1) is 12.7 Å². The Morgan fingerprint density at radius 2 is 2.23 bits per heavy atom. The number of halogens is 1. The molecule has 26 heavy (non-hydrogen) atoms. The van der Waals surface area contributed by atoms with Crippen LogP contribution in [0.2, 0.25) is 0 Å². The average molecular weight is 373 g/mol. The van der Waals surface area contributed by atoms with Crippen LogP contribution < -0.4 is 10.2 Å². The number of carbonyl (C=O) groups is 1. The summed E-state index contributed by atoms with van der Waals surface area (Å²) in [6.07, 6.45) is 1.90. The lowest BCUT2D eigenvalue weighted by molar-refractivity contribution is 0.0923. The second kappa shape index (κ2) is 6.68. The van der Waals surface area contributed by atoms with Crippen molar-refractivity contribution >= 4 is 32.6 Å². The summed E-state index contributed by atoms with van der Waals surface area (Å²) < 4.78 is 15.8. The molecule has 0 bridgehead atoms. The van der Waals surface area contributed by atoms with Crippen molar-refractivity contribution in [1.82, 2.24) is 20.1 Å². The molecule has 0 saturated carbocycles. The molecular formula is C18H20FN5OS. The monoisotopic (exact) mass is 373 g/mol. The molecule has 1 N–H and O–H groups in total. The Bertz CT molecular complexity index is 966. The summed E-state index contributed by atoms with van der Waals surface area (Å²) in [4.78, 5) is 19.3. The lowest BCUT2D eigenvalue weighted by Gasteiger charge is -2.32. The number of anilines is 1. The molecule has 6 nitrogen and oxygen atoms in total. The summed E-state index contributed by atoms with van der Waals surface area (Å²) in [6, 6.07) is 6.50. The molecule has 4 rings (SSSR count). The van der Waals surface area contributed by atoms with E-state index in [4.69, 9.17) is 0 Å². The molecule has 8 heteroatoms. The van der Waals surface area contributed by atoms with Crippen LogP contribution in [0.1, 0.15) is 29.0 Å². The van der Waals surface area contributed by atoms with E-state index < -0.39 is 0 Å². The maximum absolute atomic E-state index is 13.4. The molecule has 1 amide bonds. The van der Waals surface area contributed by atoms with E-state index in [2.05, 4.69) is 20.3 Å². The third-order valence-corrected chi connectivity index (χ3v) is 5.68. The van der Waals surface area contributed by atoms with Gasteiger partial charge in [0.15, 0.2) is 5.13 Å². The zero-order valence-electron chi connectivity index (χ0n) is 14.7. The summed E-state index contributed by atoms with van der Waals surface area (Å²) in [6.45, 7) is 3.46. The van der Waals surface area contributed by atoms with E-state index in [1.165, 1.54) is 23.5 Å². The highest BCUT2D eigenvalue weighted by Crippen LogP contribution is 2.31. The van der Waals surface area contributed by atoms with Crippen LogP contribution in [-0.2, 0) is 7.05 Å². The number of hydrogen-bond acceptors (Lipinski definition) is 5. The maximum Gasteiger partial charge on any atom is 0.269 e. The van der Waals surface area contributed by atoms with Crippen molar-refractivity contribution in [3.05, 3.63) is 41.5 Å². The van der Waals surface area contributed by atoms with E-state index in [-0.39, 0.29) is 17.8 Å². The van der Waals surface area contributed by atoms with Gasteiger partial charge in [-0.05, 0) is 44.0 Å². The Kier molecular flexibility index (Phi) is 4.36. The molecule has 0 aliphatic carbocycles. The Morgan fingerprint density at radius 1 is 1.38 bits per heavy atom. The number of fused-ring (bicyclic) bond motifs is 1. The van der Waals surface area contributed by atoms with E-state index in [1.54, 1.807) is 23.9 Å². The molecule has 0 radical (unpaired) electrons. The number of amides is 1. The molecule has 1 aromatic carbocycles. The molecule has 1 saturated heterocycles. The fraction of sp³-hybridized carbons (Fsp3) is 0.389. The number of thiazole rings is 1. The molecule has 1 aliphatic rings. The SMILES string of the molecule is Cc1cc(C(=O)NC2CCCN(c3nc4ccc(F)cc4s3)C2)n(C)n1. The lowest BCUT2D eigenvalue weighted by Crippen LogP contribution is -2.48. The first-order chi connectivity index (χ1) is 12.5. The second-order valence-electron chi connectivity index (χ2n) is 6.66. The molecule has 3 aromatic rings. The van der Waals surface area contributed by atoms with Crippen LogP contribution >= 0.6 is 11.3 Å². The van der Waals surface area contributed by atoms with Crippen molar-refractivity contribution in [2.75, 3.05) is 18.0 Å². The van der Waals surface area contributed by atoms with Gasteiger partial charge in [-0.3, -0.25) is 9.48 Å². The number of rotatable bonds is 3. The predicted molar refractivity (Wildman–Crippen MR) is 100 cm³/mol. The smallest absolute Gasteiger partial charge is 0.269 e. The van der Waals surface area contributed by atoms with E-state index in [9.17, 15) is 9.18 Å². The average Bonchev–Trinajstić information content (AvgIpc) is 3.17.